The van der Waals surface area contributed by atoms with Crippen molar-refractivity contribution in [3.05, 3.63) is 24.3 Å². The zero-order valence-corrected chi connectivity index (χ0v) is 10.3. The van der Waals surface area contributed by atoms with E-state index in [2.05, 4.69) is 0 Å². The van der Waals surface area contributed by atoms with E-state index in [-0.39, 0.29) is 5.91 Å². The molecule has 96 valence electrons. The number of anilines is 1. The number of carboxylic acid groups (broad SMARTS) is 1. The molecule has 1 saturated heterocycles. The second-order valence-electron chi connectivity index (χ2n) is 4.20. The predicted octanol–water partition coefficient (Wildman–Crippen LogP) is 1.52. The van der Waals surface area contributed by atoms with Crippen LogP contribution in [0.4, 0.5) is 5.69 Å². The molecule has 2 atom stereocenters. The molecule has 0 aliphatic carbocycles. The van der Waals surface area contributed by atoms with Gasteiger partial charge in [-0.1, -0.05) is 6.92 Å². The second kappa shape index (κ2) is 4.68. The molecule has 1 fully saturated rings. The van der Waals surface area contributed by atoms with Gasteiger partial charge >= 0.3 is 5.97 Å². The second-order valence-corrected chi connectivity index (χ2v) is 4.20. The Balaban J connectivity index is 2.26. The van der Waals surface area contributed by atoms with E-state index < -0.39 is 17.9 Å². The molecule has 0 bridgehead atoms. The van der Waals surface area contributed by atoms with E-state index >= 15 is 0 Å². The van der Waals surface area contributed by atoms with Crippen LogP contribution in [0.25, 0.3) is 0 Å². The highest BCUT2D eigenvalue weighted by molar-refractivity contribution is 6.10. The van der Waals surface area contributed by atoms with Crippen LogP contribution in [0.5, 0.6) is 5.75 Å². The number of hydrogen-bond acceptors (Lipinski definition) is 3. The van der Waals surface area contributed by atoms with Crippen molar-refractivity contribution < 1.29 is 19.4 Å². The lowest BCUT2D eigenvalue weighted by molar-refractivity contribution is -0.149. The number of β-lactam (4-membered cyclic amide) rings is 1. The fraction of sp³-hybridized carbons (Fsp3) is 0.385. The van der Waals surface area contributed by atoms with Crippen molar-refractivity contribution in [2.75, 3.05) is 12.0 Å². The monoisotopic (exact) mass is 249 g/mol. The quantitative estimate of drug-likeness (QED) is 0.821. The van der Waals surface area contributed by atoms with E-state index in [9.17, 15) is 9.59 Å². The highest BCUT2D eigenvalue weighted by Crippen LogP contribution is 2.35. The Kier molecular flexibility index (Phi) is 3.23. The summed E-state index contributed by atoms with van der Waals surface area (Å²) in [6.07, 6.45) is 0.544. The number of nitrogens with zero attached hydrogens (tertiary/aromatic N) is 1. The Morgan fingerprint density at radius 3 is 2.44 bits per heavy atom. The van der Waals surface area contributed by atoms with Crippen molar-refractivity contribution in [2.45, 2.75) is 19.4 Å². The van der Waals surface area contributed by atoms with Crippen LogP contribution in [0.3, 0.4) is 0 Å². The largest absolute Gasteiger partial charge is 0.497 e. The fourth-order valence-electron chi connectivity index (χ4n) is 2.26. The molecule has 0 spiro atoms. The third kappa shape index (κ3) is 1.81. The standard InChI is InChI=1S/C13H15NO4/c1-3-10-11(13(16)17)14(12(10)15)8-4-6-9(18-2)7-5-8/h4-7,10-11H,3H2,1-2H3,(H,16,17)/t10?,11-/m0/s1. The van der Waals surface area contributed by atoms with E-state index in [0.29, 0.717) is 17.9 Å². The summed E-state index contributed by atoms with van der Waals surface area (Å²) in [6.45, 7) is 1.82. The molecule has 5 nitrogen and oxygen atoms in total. The summed E-state index contributed by atoms with van der Waals surface area (Å²) >= 11 is 0. The fourth-order valence-corrected chi connectivity index (χ4v) is 2.26. The van der Waals surface area contributed by atoms with Crippen molar-refractivity contribution >= 4 is 17.6 Å². The van der Waals surface area contributed by atoms with Crippen LogP contribution in [0, 0.1) is 5.92 Å². The number of carboxylic acids is 1. The molecule has 1 N–H and O–H groups in total. The molecule has 0 saturated carbocycles. The van der Waals surface area contributed by atoms with Gasteiger partial charge in [-0.3, -0.25) is 9.69 Å². The van der Waals surface area contributed by atoms with Crippen molar-refractivity contribution in [3.63, 3.8) is 0 Å². The summed E-state index contributed by atoms with van der Waals surface area (Å²) in [4.78, 5) is 24.4. The Labute approximate surface area is 105 Å². The van der Waals surface area contributed by atoms with Gasteiger partial charge in [0, 0.05) is 5.69 Å². The molecular weight excluding hydrogens is 234 g/mol. The minimum Gasteiger partial charge on any atom is -0.497 e. The molecule has 1 amide bonds. The molecule has 1 aliphatic rings. The smallest absolute Gasteiger partial charge is 0.327 e. The molecule has 1 aromatic rings. The predicted molar refractivity (Wildman–Crippen MR) is 65.7 cm³/mol. The molecule has 1 heterocycles. The van der Waals surface area contributed by atoms with Crippen molar-refractivity contribution in [1.29, 1.82) is 0 Å². The van der Waals surface area contributed by atoms with Gasteiger partial charge in [0.05, 0.1) is 13.0 Å². The first-order valence-corrected chi connectivity index (χ1v) is 5.80. The van der Waals surface area contributed by atoms with E-state index in [4.69, 9.17) is 9.84 Å². The molecule has 18 heavy (non-hydrogen) atoms. The first-order valence-electron chi connectivity index (χ1n) is 5.80. The van der Waals surface area contributed by atoms with Crippen molar-refractivity contribution in [3.8, 4) is 5.75 Å². The normalized spacial score (nSPS) is 22.6. The molecule has 2 rings (SSSR count). The molecule has 1 aromatic carbocycles. The Morgan fingerprint density at radius 1 is 1.39 bits per heavy atom. The number of hydrogen-bond donors (Lipinski definition) is 1. The number of ether oxygens (including phenoxy) is 1. The number of methoxy groups -OCH3 is 1. The number of rotatable bonds is 4. The zero-order chi connectivity index (χ0) is 13.3. The highest BCUT2D eigenvalue weighted by atomic mass is 16.5. The topological polar surface area (TPSA) is 66.8 Å². The van der Waals surface area contributed by atoms with Gasteiger partial charge in [-0.15, -0.1) is 0 Å². The van der Waals surface area contributed by atoms with Gasteiger partial charge in [0.15, 0.2) is 0 Å². The van der Waals surface area contributed by atoms with Crippen LogP contribution < -0.4 is 9.64 Å². The minimum atomic E-state index is -0.961. The molecule has 5 heteroatoms. The van der Waals surface area contributed by atoms with Gasteiger partial charge in [0.1, 0.15) is 11.8 Å². The van der Waals surface area contributed by atoms with Gasteiger partial charge in [-0.25, -0.2) is 4.79 Å². The molecule has 0 radical (unpaired) electrons. The lowest BCUT2D eigenvalue weighted by Gasteiger charge is -2.44. The number of amides is 1. The van der Waals surface area contributed by atoms with Gasteiger partial charge < -0.3 is 9.84 Å². The minimum absolute atomic E-state index is 0.130. The summed E-state index contributed by atoms with van der Waals surface area (Å²) in [5.74, 6) is -0.831. The molecule has 0 aromatic heterocycles. The van der Waals surface area contributed by atoms with Crippen molar-refractivity contribution in [1.82, 2.24) is 0 Å². The average molecular weight is 249 g/mol. The molecular formula is C13H15NO4. The summed E-state index contributed by atoms with van der Waals surface area (Å²) in [5.41, 5.74) is 0.595. The van der Waals surface area contributed by atoms with Crippen LogP contribution in [-0.2, 0) is 9.59 Å². The Hall–Kier alpha value is -2.04. The first-order chi connectivity index (χ1) is 8.60. The van der Waals surface area contributed by atoms with Crippen LogP contribution >= 0.6 is 0 Å². The Bertz CT molecular complexity index is 468. The van der Waals surface area contributed by atoms with Gasteiger partial charge in [-0.2, -0.15) is 0 Å². The maximum Gasteiger partial charge on any atom is 0.327 e. The number of benzene rings is 1. The lowest BCUT2D eigenvalue weighted by atomic mass is 9.84. The lowest BCUT2D eigenvalue weighted by Crippen LogP contribution is -2.64. The third-order valence-electron chi connectivity index (χ3n) is 3.26. The summed E-state index contributed by atoms with van der Waals surface area (Å²) in [7, 11) is 1.55. The Morgan fingerprint density at radius 2 is 2.00 bits per heavy atom. The van der Waals surface area contributed by atoms with E-state index in [1.165, 1.54) is 4.90 Å². The van der Waals surface area contributed by atoms with Gasteiger partial charge in [-0.05, 0) is 30.7 Å². The number of carbonyl (C=O) groups excluding carboxylic acids is 1. The SMILES string of the molecule is CCC1C(=O)N(c2ccc(OC)cc2)[C@@H]1C(=O)O. The maximum absolute atomic E-state index is 11.9. The van der Waals surface area contributed by atoms with E-state index in [1.54, 1.807) is 31.4 Å². The van der Waals surface area contributed by atoms with Gasteiger partial charge in [0.2, 0.25) is 5.91 Å². The summed E-state index contributed by atoms with van der Waals surface area (Å²) in [6, 6.07) is 6.05. The summed E-state index contributed by atoms with van der Waals surface area (Å²) in [5, 5.41) is 9.17. The van der Waals surface area contributed by atoms with E-state index in [0.717, 1.165) is 0 Å². The maximum atomic E-state index is 11.9. The third-order valence-corrected chi connectivity index (χ3v) is 3.26. The molecule has 1 aliphatic heterocycles. The number of aliphatic carboxylic acids is 1. The summed E-state index contributed by atoms with van der Waals surface area (Å²) < 4.78 is 5.02. The van der Waals surface area contributed by atoms with Crippen LogP contribution in [0.2, 0.25) is 0 Å². The first kappa shape index (κ1) is 12.4. The highest BCUT2D eigenvalue weighted by Gasteiger charge is 2.51. The average Bonchev–Trinajstić information content (AvgIpc) is 2.36. The zero-order valence-electron chi connectivity index (χ0n) is 10.3. The molecule has 1 unspecified atom stereocenters. The number of carbonyl (C=O) groups is 2. The van der Waals surface area contributed by atoms with Crippen LogP contribution in [-0.4, -0.2) is 30.1 Å². The van der Waals surface area contributed by atoms with Crippen LogP contribution in [0.1, 0.15) is 13.3 Å². The van der Waals surface area contributed by atoms with Gasteiger partial charge in [0.25, 0.3) is 0 Å². The van der Waals surface area contributed by atoms with Crippen molar-refractivity contribution in [2.24, 2.45) is 5.92 Å². The van der Waals surface area contributed by atoms with E-state index in [1.807, 2.05) is 6.92 Å². The van der Waals surface area contributed by atoms with Crippen LogP contribution in [0.15, 0.2) is 24.3 Å².